The molecule has 4 aliphatic heterocycles. The van der Waals surface area contributed by atoms with Crippen LogP contribution in [0.2, 0.25) is 0 Å². The van der Waals surface area contributed by atoms with E-state index in [1.165, 1.54) is 12.1 Å². The first-order valence-electron chi connectivity index (χ1n) is 13.5. The molecule has 1 unspecified atom stereocenters. The van der Waals surface area contributed by atoms with Crippen LogP contribution in [0.4, 0.5) is 29.3 Å². The number of alkyl halides is 2. The first-order chi connectivity index (χ1) is 19.1. The zero-order valence-corrected chi connectivity index (χ0v) is 22.6. The SMILES string of the molecule is C[C@H]1CN(c2cc(F)c(C3=CCN(C(=O)N4CCCC4)C3)cc2NC(=O)C2C=NC(=O)C=C2C(F)F)CCN1C. The minimum absolute atomic E-state index is 0.0850. The van der Waals surface area contributed by atoms with Crippen LogP contribution in [0.25, 0.3) is 5.57 Å². The Bertz CT molecular complexity index is 1290. The monoisotopic (exact) mass is 558 g/mol. The number of rotatable bonds is 5. The summed E-state index contributed by atoms with van der Waals surface area (Å²) in [5.41, 5.74) is 0.905. The van der Waals surface area contributed by atoms with Gasteiger partial charge in [0, 0.05) is 75.3 Å². The van der Waals surface area contributed by atoms with E-state index < -0.39 is 35.5 Å². The maximum atomic E-state index is 15.7. The summed E-state index contributed by atoms with van der Waals surface area (Å²) in [7, 11) is 2.00. The number of nitrogens with zero attached hydrogens (tertiary/aromatic N) is 5. The van der Waals surface area contributed by atoms with Crippen molar-refractivity contribution in [3.05, 3.63) is 41.2 Å². The number of hydrogen-bond acceptors (Lipinski definition) is 5. The number of piperazine rings is 1. The van der Waals surface area contributed by atoms with Gasteiger partial charge in [0.05, 0.1) is 11.4 Å². The number of anilines is 2. The number of nitrogens with one attached hydrogen (secondary N) is 1. The fourth-order valence-corrected chi connectivity index (χ4v) is 5.57. The van der Waals surface area contributed by atoms with Gasteiger partial charge in [-0.3, -0.25) is 9.59 Å². The van der Waals surface area contributed by atoms with Crippen LogP contribution in [0, 0.1) is 11.7 Å². The van der Waals surface area contributed by atoms with Crippen molar-refractivity contribution in [2.24, 2.45) is 10.9 Å². The molecule has 0 saturated carbocycles. The molecule has 4 heterocycles. The fourth-order valence-electron chi connectivity index (χ4n) is 5.57. The maximum absolute atomic E-state index is 15.7. The average molecular weight is 559 g/mol. The number of aliphatic imine (C=N–C) groups is 1. The molecule has 5 rings (SSSR count). The largest absolute Gasteiger partial charge is 0.367 e. The Kier molecular flexibility index (Phi) is 7.97. The van der Waals surface area contributed by atoms with Crippen LogP contribution in [0.15, 0.2) is 34.9 Å². The molecule has 0 radical (unpaired) electrons. The van der Waals surface area contributed by atoms with E-state index in [1.54, 1.807) is 15.9 Å². The first-order valence-corrected chi connectivity index (χ1v) is 13.5. The molecule has 1 N–H and O–H groups in total. The van der Waals surface area contributed by atoms with Gasteiger partial charge in [-0.05, 0) is 44.5 Å². The molecule has 2 fully saturated rings. The molecule has 214 valence electrons. The van der Waals surface area contributed by atoms with E-state index in [-0.39, 0.29) is 29.9 Å². The van der Waals surface area contributed by atoms with Crippen LogP contribution < -0.4 is 10.2 Å². The van der Waals surface area contributed by atoms with Gasteiger partial charge in [-0.15, -0.1) is 0 Å². The van der Waals surface area contributed by atoms with Gasteiger partial charge in [0.25, 0.3) is 12.3 Å². The molecule has 0 aliphatic carbocycles. The van der Waals surface area contributed by atoms with E-state index >= 15 is 4.39 Å². The lowest BCUT2D eigenvalue weighted by molar-refractivity contribution is -0.117. The summed E-state index contributed by atoms with van der Waals surface area (Å²) in [6.45, 7) is 5.88. The van der Waals surface area contributed by atoms with Gasteiger partial charge in [0.15, 0.2) is 0 Å². The van der Waals surface area contributed by atoms with E-state index in [0.29, 0.717) is 56.6 Å². The highest BCUT2D eigenvalue weighted by Crippen LogP contribution is 2.36. The predicted molar refractivity (Wildman–Crippen MR) is 146 cm³/mol. The Hall–Kier alpha value is -3.67. The number of dihydropyridines is 1. The van der Waals surface area contributed by atoms with Crippen molar-refractivity contribution < 1.29 is 27.6 Å². The van der Waals surface area contributed by atoms with Crippen LogP contribution in [-0.2, 0) is 9.59 Å². The van der Waals surface area contributed by atoms with Crippen molar-refractivity contribution >= 4 is 41.0 Å². The summed E-state index contributed by atoms with van der Waals surface area (Å²) >= 11 is 0. The van der Waals surface area contributed by atoms with E-state index in [4.69, 9.17) is 0 Å². The standard InChI is InChI=1S/C28H33F3N6O3/c1-17-15-36(10-9-34(17)2)24-13-22(29)19(18-5-8-37(16-18)28(40)35-6-3-4-7-35)11-23(24)33-27(39)21-14-32-25(38)12-20(21)26(30)31/h5,11-14,17,21,26H,3-4,6-10,15-16H2,1-2H3,(H,33,39)/t17-,21?/m0/s1. The molecule has 0 spiro atoms. The number of carbonyl (C=O) groups excluding carboxylic acids is 3. The third kappa shape index (κ3) is 5.63. The van der Waals surface area contributed by atoms with Crippen molar-refractivity contribution in [3.63, 3.8) is 0 Å². The van der Waals surface area contributed by atoms with E-state index in [1.807, 2.05) is 18.9 Å². The van der Waals surface area contributed by atoms with Crippen molar-refractivity contribution in [1.82, 2.24) is 14.7 Å². The Labute approximate surface area is 231 Å². The Morgan fingerprint density at radius 3 is 2.55 bits per heavy atom. The zero-order chi connectivity index (χ0) is 28.6. The molecule has 4 aliphatic rings. The normalized spacial score (nSPS) is 23.6. The molecular formula is C28H33F3N6O3. The minimum atomic E-state index is -3.02. The number of likely N-dealkylation sites (N-methyl/N-ethyl adjacent to an activating group) is 1. The smallest absolute Gasteiger partial charge is 0.320 e. The van der Waals surface area contributed by atoms with Gasteiger partial charge < -0.3 is 24.9 Å². The molecule has 9 nitrogen and oxygen atoms in total. The number of hydrogen-bond donors (Lipinski definition) is 1. The van der Waals surface area contributed by atoms with Gasteiger partial charge in [0.1, 0.15) is 11.7 Å². The van der Waals surface area contributed by atoms with E-state index in [9.17, 15) is 23.2 Å². The lowest BCUT2D eigenvalue weighted by atomic mass is 9.96. The number of amides is 4. The predicted octanol–water partition coefficient (Wildman–Crippen LogP) is 3.24. The topological polar surface area (TPSA) is 88.6 Å². The number of benzene rings is 1. The molecule has 1 aromatic carbocycles. The van der Waals surface area contributed by atoms with Gasteiger partial charge in [-0.2, -0.15) is 0 Å². The lowest BCUT2D eigenvalue weighted by Gasteiger charge is -2.40. The summed E-state index contributed by atoms with van der Waals surface area (Å²) in [6.07, 6.45) is 2.31. The molecule has 40 heavy (non-hydrogen) atoms. The number of likely N-dealkylation sites (tertiary alicyclic amines) is 1. The second-order valence-corrected chi connectivity index (χ2v) is 10.7. The van der Waals surface area contributed by atoms with Crippen molar-refractivity contribution in [3.8, 4) is 0 Å². The average Bonchev–Trinajstić information content (AvgIpc) is 3.63. The maximum Gasteiger partial charge on any atom is 0.320 e. The minimum Gasteiger partial charge on any atom is -0.367 e. The van der Waals surface area contributed by atoms with Gasteiger partial charge in [-0.1, -0.05) is 6.08 Å². The summed E-state index contributed by atoms with van der Waals surface area (Å²) in [5.74, 6) is -3.59. The molecule has 2 atom stereocenters. The van der Waals surface area contributed by atoms with Crippen LogP contribution in [0.5, 0.6) is 0 Å². The van der Waals surface area contributed by atoms with Crippen molar-refractivity contribution in [2.45, 2.75) is 32.2 Å². The third-order valence-electron chi connectivity index (χ3n) is 8.09. The first kappa shape index (κ1) is 27.9. The molecule has 12 heteroatoms. The molecule has 0 aromatic heterocycles. The van der Waals surface area contributed by atoms with Crippen molar-refractivity contribution in [2.75, 3.05) is 63.1 Å². The quantitative estimate of drug-likeness (QED) is 0.600. The summed E-state index contributed by atoms with van der Waals surface area (Å²) in [4.78, 5) is 48.8. The number of halogens is 3. The zero-order valence-electron chi connectivity index (χ0n) is 22.6. The molecule has 4 amide bonds. The third-order valence-corrected chi connectivity index (χ3v) is 8.09. The van der Waals surface area contributed by atoms with E-state index in [2.05, 4.69) is 15.2 Å². The van der Waals surface area contributed by atoms with E-state index in [0.717, 1.165) is 19.1 Å². The fraction of sp³-hybridized carbons (Fsp3) is 0.500. The molecule has 2 saturated heterocycles. The summed E-state index contributed by atoms with van der Waals surface area (Å²) in [5, 5.41) is 2.72. The van der Waals surface area contributed by atoms with Crippen LogP contribution >= 0.6 is 0 Å². The lowest BCUT2D eigenvalue weighted by Crippen LogP contribution is -2.50. The van der Waals surface area contributed by atoms with Gasteiger partial charge in [-0.25, -0.2) is 23.0 Å². The molecule has 1 aromatic rings. The Balaban J connectivity index is 1.44. The van der Waals surface area contributed by atoms with Crippen molar-refractivity contribution in [1.29, 1.82) is 0 Å². The number of urea groups is 1. The van der Waals surface area contributed by atoms with Crippen LogP contribution in [0.3, 0.4) is 0 Å². The Morgan fingerprint density at radius 1 is 1.10 bits per heavy atom. The highest BCUT2D eigenvalue weighted by Gasteiger charge is 2.33. The molecular weight excluding hydrogens is 525 g/mol. The van der Waals surface area contributed by atoms with Gasteiger partial charge in [0.2, 0.25) is 5.91 Å². The highest BCUT2D eigenvalue weighted by molar-refractivity contribution is 6.11. The highest BCUT2D eigenvalue weighted by atomic mass is 19.3. The summed E-state index contributed by atoms with van der Waals surface area (Å²) in [6, 6.07) is 2.95. The molecule has 0 bridgehead atoms. The summed E-state index contributed by atoms with van der Waals surface area (Å²) < 4.78 is 43.0. The second kappa shape index (κ2) is 11.4. The second-order valence-electron chi connectivity index (χ2n) is 10.7. The number of carbonyl (C=O) groups is 3. The van der Waals surface area contributed by atoms with Crippen LogP contribution in [-0.4, -0.2) is 104 Å². The van der Waals surface area contributed by atoms with Gasteiger partial charge >= 0.3 is 6.03 Å². The Morgan fingerprint density at radius 2 is 1.85 bits per heavy atom. The van der Waals surface area contributed by atoms with Crippen LogP contribution in [0.1, 0.15) is 25.3 Å².